The van der Waals surface area contributed by atoms with E-state index in [1.54, 1.807) is 7.11 Å². The molecule has 0 amide bonds. The zero-order valence-corrected chi connectivity index (χ0v) is 10.7. The second kappa shape index (κ2) is 11.3. The molecule has 0 bridgehead atoms. The Labute approximate surface area is 93.2 Å². The molecule has 0 saturated carbocycles. The van der Waals surface area contributed by atoms with Crippen molar-refractivity contribution in [3.63, 3.8) is 0 Å². The number of methoxy groups -OCH3 is 1. The summed E-state index contributed by atoms with van der Waals surface area (Å²) in [4.78, 5) is 0. The van der Waals surface area contributed by atoms with Gasteiger partial charge < -0.3 is 10.1 Å². The average Bonchev–Trinajstić information content (AvgIpc) is 2.19. The molecule has 1 N–H and O–H groups in total. The van der Waals surface area contributed by atoms with Gasteiger partial charge in [0.1, 0.15) is 0 Å². The lowest BCUT2D eigenvalue weighted by molar-refractivity contribution is 0.200. The van der Waals surface area contributed by atoms with Crippen LogP contribution in [0.25, 0.3) is 0 Å². The molecule has 3 heteroatoms. The first-order chi connectivity index (χ1) is 6.81. The Morgan fingerprint density at radius 2 is 2.14 bits per heavy atom. The molecule has 0 fully saturated rings. The van der Waals surface area contributed by atoms with E-state index in [2.05, 4.69) is 19.2 Å². The smallest absolute Gasteiger partial charge is 0.0470 e. The summed E-state index contributed by atoms with van der Waals surface area (Å²) in [5.74, 6) is 1.21. The van der Waals surface area contributed by atoms with Gasteiger partial charge in [-0.1, -0.05) is 20.3 Å². The van der Waals surface area contributed by atoms with E-state index < -0.39 is 0 Å². The highest BCUT2D eigenvalue weighted by molar-refractivity contribution is 7.99. The largest absolute Gasteiger partial charge is 0.385 e. The van der Waals surface area contributed by atoms with Gasteiger partial charge in [0.15, 0.2) is 0 Å². The van der Waals surface area contributed by atoms with Crippen LogP contribution in [0.3, 0.4) is 0 Å². The normalized spacial score (nSPS) is 13.1. The second-order valence-corrected chi connectivity index (χ2v) is 5.13. The van der Waals surface area contributed by atoms with Gasteiger partial charge in [0, 0.05) is 25.5 Å². The Bertz CT molecular complexity index is 99.5. The average molecular weight is 219 g/mol. The zero-order chi connectivity index (χ0) is 10.6. The molecular weight excluding hydrogens is 194 g/mol. The van der Waals surface area contributed by atoms with Crippen molar-refractivity contribution in [3.05, 3.63) is 0 Å². The van der Waals surface area contributed by atoms with E-state index in [-0.39, 0.29) is 0 Å². The fourth-order valence-electron chi connectivity index (χ4n) is 1.15. The molecular formula is C11H25NOS. The van der Waals surface area contributed by atoms with Crippen LogP contribution in [0.5, 0.6) is 0 Å². The number of hydrogen-bond donors (Lipinski definition) is 1. The maximum absolute atomic E-state index is 5.01. The van der Waals surface area contributed by atoms with E-state index in [1.165, 1.54) is 31.6 Å². The lowest BCUT2D eigenvalue weighted by Gasteiger charge is -2.11. The first kappa shape index (κ1) is 14.3. The summed E-state index contributed by atoms with van der Waals surface area (Å²) >= 11 is 2.03. The van der Waals surface area contributed by atoms with E-state index >= 15 is 0 Å². The fourth-order valence-corrected chi connectivity index (χ4v) is 2.08. The molecule has 0 heterocycles. The zero-order valence-electron chi connectivity index (χ0n) is 9.84. The molecule has 0 radical (unpaired) electrons. The molecule has 0 aromatic heterocycles. The summed E-state index contributed by atoms with van der Waals surface area (Å²) in [6, 6.07) is 0. The monoisotopic (exact) mass is 219 g/mol. The van der Waals surface area contributed by atoms with Gasteiger partial charge in [-0.3, -0.25) is 0 Å². The van der Waals surface area contributed by atoms with E-state index in [0.29, 0.717) is 0 Å². The van der Waals surface area contributed by atoms with Gasteiger partial charge in [-0.2, -0.15) is 11.8 Å². The van der Waals surface area contributed by atoms with Crippen molar-refractivity contribution in [2.75, 3.05) is 32.6 Å². The van der Waals surface area contributed by atoms with Crippen LogP contribution in [0.1, 0.15) is 33.1 Å². The van der Waals surface area contributed by atoms with E-state index in [0.717, 1.165) is 18.4 Å². The van der Waals surface area contributed by atoms with Gasteiger partial charge in [-0.15, -0.1) is 0 Å². The predicted octanol–water partition coefficient (Wildman–Crippen LogP) is 2.53. The molecule has 0 aromatic carbocycles. The molecule has 2 nitrogen and oxygen atoms in total. The molecule has 14 heavy (non-hydrogen) atoms. The number of rotatable bonds is 10. The van der Waals surface area contributed by atoms with Crippen molar-refractivity contribution in [1.29, 1.82) is 0 Å². The molecule has 0 aliphatic heterocycles. The first-order valence-corrected chi connectivity index (χ1v) is 6.67. The highest BCUT2D eigenvalue weighted by atomic mass is 32.2. The maximum atomic E-state index is 5.01. The van der Waals surface area contributed by atoms with Crippen molar-refractivity contribution >= 4 is 11.8 Å². The van der Waals surface area contributed by atoms with Crippen LogP contribution < -0.4 is 5.32 Å². The van der Waals surface area contributed by atoms with Crippen molar-refractivity contribution in [2.24, 2.45) is 0 Å². The van der Waals surface area contributed by atoms with Crippen molar-refractivity contribution in [3.8, 4) is 0 Å². The lowest BCUT2D eigenvalue weighted by atomic mass is 10.3. The summed E-state index contributed by atoms with van der Waals surface area (Å²) in [7, 11) is 1.76. The van der Waals surface area contributed by atoms with E-state index in [1.807, 2.05) is 11.8 Å². The van der Waals surface area contributed by atoms with Crippen LogP contribution in [-0.2, 0) is 4.74 Å². The molecule has 0 saturated heterocycles. The Morgan fingerprint density at radius 3 is 2.79 bits per heavy atom. The summed E-state index contributed by atoms with van der Waals surface area (Å²) in [5.41, 5.74) is 0. The topological polar surface area (TPSA) is 21.3 Å². The number of ether oxygens (including phenoxy) is 1. The van der Waals surface area contributed by atoms with Crippen LogP contribution >= 0.6 is 11.8 Å². The van der Waals surface area contributed by atoms with E-state index in [4.69, 9.17) is 4.74 Å². The van der Waals surface area contributed by atoms with E-state index in [9.17, 15) is 0 Å². The highest BCUT2D eigenvalue weighted by Gasteiger charge is 2.00. The Morgan fingerprint density at radius 1 is 1.36 bits per heavy atom. The third kappa shape index (κ3) is 10.4. The van der Waals surface area contributed by atoms with Gasteiger partial charge in [-0.05, 0) is 25.1 Å². The quantitative estimate of drug-likeness (QED) is 0.571. The molecule has 1 unspecified atom stereocenters. The van der Waals surface area contributed by atoms with Crippen LogP contribution in [-0.4, -0.2) is 37.8 Å². The van der Waals surface area contributed by atoms with Crippen molar-refractivity contribution < 1.29 is 4.74 Å². The SMILES string of the molecule is CCCCNCC(C)SCCCOC. The Kier molecular flexibility index (Phi) is 11.6. The highest BCUT2D eigenvalue weighted by Crippen LogP contribution is 2.10. The lowest BCUT2D eigenvalue weighted by Crippen LogP contribution is -2.23. The summed E-state index contributed by atoms with van der Waals surface area (Å²) in [5, 5.41) is 4.20. The minimum atomic E-state index is 0.726. The van der Waals surface area contributed by atoms with Gasteiger partial charge in [0.2, 0.25) is 0 Å². The molecule has 0 aliphatic carbocycles. The number of thioether (sulfide) groups is 1. The van der Waals surface area contributed by atoms with Crippen LogP contribution in [0, 0.1) is 0 Å². The van der Waals surface area contributed by atoms with Crippen molar-refractivity contribution in [1.82, 2.24) is 5.32 Å². The molecule has 0 aliphatic rings. The minimum Gasteiger partial charge on any atom is -0.385 e. The second-order valence-electron chi connectivity index (χ2n) is 3.59. The van der Waals surface area contributed by atoms with Crippen LogP contribution in [0.2, 0.25) is 0 Å². The van der Waals surface area contributed by atoms with Crippen LogP contribution in [0.15, 0.2) is 0 Å². The van der Waals surface area contributed by atoms with Crippen molar-refractivity contribution in [2.45, 2.75) is 38.4 Å². The number of nitrogens with one attached hydrogen (secondary N) is 1. The molecule has 0 aromatic rings. The fraction of sp³-hybridized carbons (Fsp3) is 1.00. The third-order valence-electron chi connectivity index (χ3n) is 2.03. The molecule has 1 atom stereocenters. The van der Waals surface area contributed by atoms with Gasteiger partial charge in [0.05, 0.1) is 0 Å². The third-order valence-corrected chi connectivity index (χ3v) is 3.29. The van der Waals surface area contributed by atoms with Gasteiger partial charge in [0.25, 0.3) is 0 Å². The molecule has 0 spiro atoms. The standard InChI is InChI=1S/C11H25NOS/c1-4-5-7-12-10-11(2)14-9-6-8-13-3/h11-12H,4-10H2,1-3H3. The molecule has 0 rings (SSSR count). The number of unbranched alkanes of at least 4 members (excludes halogenated alkanes) is 1. The van der Waals surface area contributed by atoms with Gasteiger partial charge >= 0.3 is 0 Å². The molecule has 86 valence electrons. The first-order valence-electron chi connectivity index (χ1n) is 5.62. The number of hydrogen-bond acceptors (Lipinski definition) is 3. The van der Waals surface area contributed by atoms with Gasteiger partial charge in [-0.25, -0.2) is 0 Å². The predicted molar refractivity (Wildman–Crippen MR) is 66.2 cm³/mol. The summed E-state index contributed by atoms with van der Waals surface area (Å²) in [6.07, 6.45) is 3.74. The summed E-state index contributed by atoms with van der Waals surface area (Å²) < 4.78 is 5.01. The minimum absolute atomic E-state index is 0.726. The summed E-state index contributed by atoms with van der Waals surface area (Å²) in [6.45, 7) is 7.71. The van der Waals surface area contributed by atoms with Crippen LogP contribution in [0.4, 0.5) is 0 Å². The maximum Gasteiger partial charge on any atom is 0.0470 e. The Balaban J connectivity index is 3.07. The Hall–Kier alpha value is 0.270.